The predicted octanol–water partition coefficient (Wildman–Crippen LogP) is 5.64. The van der Waals surface area contributed by atoms with E-state index in [1.54, 1.807) is 18.7 Å². The summed E-state index contributed by atoms with van der Waals surface area (Å²) in [6.07, 6.45) is 2.14. The summed E-state index contributed by atoms with van der Waals surface area (Å²) in [7, 11) is 0. The van der Waals surface area contributed by atoms with Crippen LogP contribution >= 0.6 is 23.5 Å². The molecule has 0 spiro atoms. The van der Waals surface area contributed by atoms with Crippen LogP contribution < -0.4 is 0 Å². The smallest absolute Gasteiger partial charge is 0.159 e. The summed E-state index contributed by atoms with van der Waals surface area (Å²) in [5.41, 5.74) is 2.10. The van der Waals surface area contributed by atoms with Crippen molar-refractivity contribution in [3.8, 4) is 0 Å². The normalized spacial score (nSPS) is 11.4. The van der Waals surface area contributed by atoms with E-state index in [4.69, 9.17) is 0 Å². The quantitative estimate of drug-likeness (QED) is 0.665. The second-order valence-corrected chi connectivity index (χ2v) is 8.00. The van der Waals surface area contributed by atoms with E-state index in [-0.39, 0.29) is 10.5 Å². The van der Waals surface area contributed by atoms with Gasteiger partial charge in [-0.05, 0) is 56.9 Å². The van der Waals surface area contributed by atoms with Crippen LogP contribution in [0.1, 0.15) is 36.7 Å². The summed E-state index contributed by atoms with van der Waals surface area (Å²) >= 11 is 3.57. The molecule has 21 heavy (non-hydrogen) atoms. The minimum atomic E-state index is 0.107. The molecule has 0 amide bonds. The van der Waals surface area contributed by atoms with Crippen molar-refractivity contribution in [3.63, 3.8) is 0 Å². The van der Waals surface area contributed by atoms with E-state index in [0.29, 0.717) is 0 Å². The second kappa shape index (κ2) is 6.71. The molecule has 0 N–H and O–H groups in total. The van der Waals surface area contributed by atoms with Gasteiger partial charge in [0.25, 0.3) is 0 Å². The highest BCUT2D eigenvalue weighted by Gasteiger charge is 2.18. The van der Waals surface area contributed by atoms with Crippen LogP contribution in [0.3, 0.4) is 0 Å². The highest BCUT2D eigenvalue weighted by Crippen LogP contribution is 2.35. The average molecular weight is 316 g/mol. The van der Waals surface area contributed by atoms with Gasteiger partial charge in [-0.3, -0.25) is 4.79 Å². The van der Waals surface area contributed by atoms with Gasteiger partial charge in [-0.15, -0.1) is 0 Å². The molecule has 1 nitrogen and oxygen atoms in total. The number of benzene rings is 2. The third-order valence-electron chi connectivity index (χ3n) is 3.56. The number of rotatable bonds is 5. The first-order chi connectivity index (χ1) is 9.92. The van der Waals surface area contributed by atoms with Crippen molar-refractivity contribution < 1.29 is 4.79 Å². The van der Waals surface area contributed by atoms with Gasteiger partial charge in [-0.1, -0.05) is 36.0 Å². The Bertz CT molecular complexity index is 613. The number of carbonyl (C=O) groups excluding carboxylic acids is 1. The van der Waals surface area contributed by atoms with Gasteiger partial charge in [0.2, 0.25) is 0 Å². The Hall–Kier alpha value is -1.19. The van der Waals surface area contributed by atoms with Crippen LogP contribution in [0, 0.1) is 0 Å². The minimum Gasteiger partial charge on any atom is -0.295 e. The molecular formula is C18H20OS2. The zero-order valence-electron chi connectivity index (χ0n) is 12.8. The van der Waals surface area contributed by atoms with Crippen molar-refractivity contribution in [2.75, 3.05) is 6.26 Å². The fraction of sp³-hybridized carbons (Fsp3) is 0.278. The third kappa shape index (κ3) is 4.14. The molecule has 0 aliphatic carbocycles. The van der Waals surface area contributed by atoms with Gasteiger partial charge in [-0.2, -0.15) is 11.8 Å². The zero-order valence-corrected chi connectivity index (χ0v) is 14.5. The average Bonchev–Trinajstić information content (AvgIpc) is 2.48. The number of hydrogen-bond donors (Lipinski definition) is 0. The zero-order chi connectivity index (χ0) is 15.5. The molecule has 0 saturated heterocycles. The Labute approximate surface area is 135 Å². The lowest BCUT2D eigenvalue weighted by atomic mass is 10.0. The van der Waals surface area contributed by atoms with Crippen molar-refractivity contribution in [2.24, 2.45) is 0 Å². The summed E-state index contributed by atoms with van der Waals surface area (Å²) in [6, 6.07) is 16.5. The Morgan fingerprint density at radius 1 is 0.905 bits per heavy atom. The Morgan fingerprint density at radius 3 is 1.81 bits per heavy atom. The fourth-order valence-corrected chi connectivity index (χ4v) is 3.12. The highest BCUT2D eigenvalue weighted by atomic mass is 32.2. The van der Waals surface area contributed by atoms with Crippen LogP contribution in [-0.4, -0.2) is 12.0 Å². The molecule has 2 aromatic carbocycles. The van der Waals surface area contributed by atoms with E-state index in [2.05, 4.69) is 44.4 Å². The number of Topliss-reactive ketones (excluding diaryl/α,β-unsaturated/α-hetero) is 1. The summed E-state index contributed by atoms with van der Waals surface area (Å²) in [5, 5.41) is 0. The van der Waals surface area contributed by atoms with E-state index in [0.717, 1.165) is 10.5 Å². The van der Waals surface area contributed by atoms with Gasteiger partial charge < -0.3 is 0 Å². The van der Waals surface area contributed by atoms with Crippen molar-refractivity contribution in [1.82, 2.24) is 0 Å². The van der Waals surface area contributed by atoms with Crippen LogP contribution in [0.25, 0.3) is 0 Å². The van der Waals surface area contributed by atoms with E-state index in [9.17, 15) is 4.79 Å². The van der Waals surface area contributed by atoms with E-state index in [1.165, 1.54) is 10.5 Å². The lowest BCUT2D eigenvalue weighted by Gasteiger charge is -2.22. The first-order valence-corrected chi connectivity index (χ1v) is 8.91. The van der Waals surface area contributed by atoms with Gasteiger partial charge in [0, 0.05) is 20.1 Å². The van der Waals surface area contributed by atoms with Gasteiger partial charge in [0.1, 0.15) is 0 Å². The molecule has 0 bridgehead atoms. The van der Waals surface area contributed by atoms with Crippen LogP contribution in [0.5, 0.6) is 0 Å². The molecule has 3 heteroatoms. The van der Waals surface area contributed by atoms with Crippen LogP contribution in [0.2, 0.25) is 0 Å². The first-order valence-electron chi connectivity index (χ1n) is 6.87. The maximum atomic E-state index is 11.3. The van der Waals surface area contributed by atoms with Crippen LogP contribution in [0.15, 0.2) is 58.3 Å². The molecule has 0 aromatic heterocycles. The summed E-state index contributed by atoms with van der Waals surface area (Å²) in [5.74, 6) is 0.107. The molecule has 2 rings (SSSR count). The van der Waals surface area contributed by atoms with Gasteiger partial charge in [0.05, 0.1) is 0 Å². The predicted molar refractivity (Wildman–Crippen MR) is 93.6 cm³/mol. The molecule has 0 radical (unpaired) electrons. The molecule has 0 aliphatic rings. The fourth-order valence-electron chi connectivity index (χ4n) is 1.94. The molecule has 0 unspecified atom stereocenters. The minimum absolute atomic E-state index is 0.107. The molecule has 0 aliphatic heterocycles. The van der Waals surface area contributed by atoms with Crippen molar-refractivity contribution in [3.05, 3.63) is 59.7 Å². The molecular weight excluding hydrogens is 296 g/mol. The topological polar surface area (TPSA) is 17.1 Å². The standard InChI is InChI=1S/C18H20OS2/c1-13(19)14-5-9-16(10-6-14)21-17-11-7-15(8-12-17)18(2,3)20-4/h5-12H,1-4H3. The Morgan fingerprint density at radius 2 is 1.38 bits per heavy atom. The molecule has 2 aromatic rings. The van der Waals surface area contributed by atoms with E-state index >= 15 is 0 Å². The van der Waals surface area contributed by atoms with E-state index < -0.39 is 0 Å². The van der Waals surface area contributed by atoms with Gasteiger partial charge in [-0.25, -0.2) is 0 Å². The number of carbonyl (C=O) groups is 1. The van der Waals surface area contributed by atoms with Gasteiger partial charge >= 0.3 is 0 Å². The summed E-state index contributed by atoms with van der Waals surface area (Å²) < 4.78 is 0.145. The Kier molecular flexibility index (Phi) is 5.17. The third-order valence-corrected chi connectivity index (χ3v) is 5.83. The molecule has 0 heterocycles. The monoisotopic (exact) mass is 316 g/mol. The maximum absolute atomic E-state index is 11.3. The van der Waals surface area contributed by atoms with Crippen molar-refractivity contribution in [1.29, 1.82) is 0 Å². The molecule has 0 saturated carbocycles. The molecule has 0 atom stereocenters. The maximum Gasteiger partial charge on any atom is 0.159 e. The van der Waals surface area contributed by atoms with Crippen molar-refractivity contribution >= 4 is 29.3 Å². The number of ketones is 1. The highest BCUT2D eigenvalue weighted by molar-refractivity contribution is 7.99. The summed E-state index contributed by atoms with van der Waals surface area (Å²) in [4.78, 5) is 13.6. The molecule has 0 fully saturated rings. The lowest BCUT2D eigenvalue weighted by molar-refractivity contribution is 0.101. The largest absolute Gasteiger partial charge is 0.295 e. The number of hydrogen-bond acceptors (Lipinski definition) is 3. The van der Waals surface area contributed by atoms with E-state index in [1.807, 2.05) is 36.0 Å². The summed E-state index contributed by atoms with van der Waals surface area (Å²) in [6.45, 7) is 6.06. The number of thioether (sulfide) groups is 1. The first kappa shape index (κ1) is 16.2. The van der Waals surface area contributed by atoms with Gasteiger partial charge in [0.15, 0.2) is 5.78 Å². The van der Waals surface area contributed by atoms with Crippen LogP contribution in [-0.2, 0) is 4.75 Å². The molecule has 110 valence electrons. The van der Waals surface area contributed by atoms with Crippen molar-refractivity contribution in [2.45, 2.75) is 35.3 Å². The lowest BCUT2D eigenvalue weighted by Crippen LogP contribution is -2.10. The Balaban J connectivity index is 2.11. The second-order valence-electron chi connectivity index (χ2n) is 5.42. The van der Waals surface area contributed by atoms with Crippen LogP contribution in [0.4, 0.5) is 0 Å². The SMILES string of the molecule is CSC(C)(C)c1ccc(Sc2ccc(C(C)=O)cc2)cc1.